The van der Waals surface area contributed by atoms with E-state index in [2.05, 4.69) is 20.6 Å². The van der Waals surface area contributed by atoms with E-state index in [-0.39, 0.29) is 39.8 Å². The molecule has 1 saturated carbocycles. The van der Waals surface area contributed by atoms with E-state index in [1.165, 1.54) is 19.2 Å². The normalized spacial score (nSPS) is 20.4. The van der Waals surface area contributed by atoms with Crippen molar-refractivity contribution >= 4 is 40.4 Å². The van der Waals surface area contributed by atoms with Crippen molar-refractivity contribution in [1.29, 1.82) is 0 Å². The summed E-state index contributed by atoms with van der Waals surface area (Å²) in [6.07, 6.45) is 2.94. The molecule has 2 atom stereocenters. The Morgan fingerprint density at radius 3 is 2.54 bits per heavy atom. The minimum absolute atomic E-state index is 0.0300. The summed E-state index contributed by atoms with van der Waals surface area (Å²) in [4.78, 5) is 36.4. The van der Waals surface area contributed by atoms with Gasteiger partial charge in [0, 0.05) is 42.0 Å². The van der Waals surface area contributed by atoms with Crippen LogP contribution in [0, 0.1) is 0 Å². The second kappa shape index (κ2) is 11.5. The van der Waals surface area contributed by atoms with Crippen molar-refractivity contribution in [2.75, 3.05) is 18.4 Å². The van der Waals surface area contributed by atoms with Gasteiger partial charge in [-0.05, 0) is 72.8 Å². The number of carbonyl (C=O) groups excluding carboxylic acids is 2. The first kappa shape index (κ1) is 29.0. The lowest BCUT2D eigenvalue weighted by Crippen LogP contribution is -2.45. The number of nitrogens with zero attached hydrogens (tertiary/aromatic N) is 3. The lowest BCUT2D eigenvalue weighted by Gasteiger charge is -2.39. The van der Waals surface area contributed by atoms with Crippen molar-refractivity contribution in [3.63, 3.8) is 0 Å². The quantitative estimate of drug-likeness (QED) is 0.238. The van der Waals surface area contributed by atoms with Crippen molar-refractivity contribution in [1.82, 2.24) is 15.2 Å². The minimum Gasteiger partial charge on any atom is -0.389 e. The molecule has 0 aromatic carbocycles. The molecule has 3 rings (SSSR count). The number of anilines is 1. The highest BCUT2D eigenvalue weighted by Crippen LogP contribution is 2.35. The number of alkyl halides is 2. The van der Waals surface area contributed by atoms with Gasteiger partial charge in [0.2, 0.25) is 0 Å². The molecule has 11 heteroatoms. The van der Waals surface area contributed by atoms with Gasteiger partial charge < -0.3 is 20.6 Å². The number of amides is 2. The molecule has 2 amide bonds. The molecule has 0 spiro atoms. The number of carbonyl (C=O) groups is 2. The zero-order chi connectivity index (χ0) is 27.5. The van der Waals surface area contributed by atoms with E-state index in [1.807, 2.05) is 13.8 Å². The van der Waals surface area contributed by atoms with Crippen LogP contribution in [-0.2, 0) is 9.59 Å². The lowest BCUT2D eigenvalue weighted by atomic mass is 9.78. The SMILES string of the molecule is C/C(=N\C(C(=O)N1CCC[C@@H]1C)C(=S)c1cnc(NC2(C)CCC2)cc1C(F)F)C(=O)NCC(C)(C)O. The monoisotopic (exact) mass is 537 g/mol. The summed E-state index contributed by atoms with van der Waals surface area (Å²) in [5, 5.41) is 15.7. The average Bonchev–Trinajstić information content (AvgIpc) is 3.24. The van der Waals surface area contributed by atoms with Crippen LogP contribution in [0.2, 0.25) is 0 Å². The number of aliphatic imine (C=N–C) groups is 1. The van der Waals surface area contributed by atoms with Crippen LogP contribution in [0.5, 0.6) is 0 Å². The number of nitrogens with one attached hydrogen (secondary N) is 2. The third-order valence-electron chi connectivity index (χ3n) is 6.97. The Bertz CT molecular complexity index is 1070. The smallest absolute Gasteiger partial charge is 0.265 e. The first-order valence-electron chi connectivity index (χ1n) is 12.7. The molecule has 0 radical (unpaired) electrons. The number of aromatic nitrogens is 1. The molecular formula is C26H37F2N5O3S. The van der Waals surface area contributed by atoms with E-state index in [1.54, 1.807) is 18.7 Å². The first-order valence-corrected chi connectivity index (χ1v) is 13.1. The summed E-state index contributed by atoms with van der Waals surface area (Å²) >= 11 is 5.59. The number of pyridine rings is 1. The van der Waals surface area contributed by atoms with Gasteiger partial charge in [0.05, 0.1) is 16.2 Å². The van der Waals surface area contributed by atoms with Gasteiger partial charge >= 0.3 is 0 Å². The zero-order valence-corrected chi connectivity index (χ0v) is 22.9. The molecule has 1 saturated heterocycles. The van der Waals surface area contributed by atoms with Gasteiger partial charge in [0.25, 0.3) is 18.2 Å². The Labute approximate surface area is 222 Å². The van der Waals surface area contributed by atoms with Crippen molar-refractivity contribution in [2.45, 2.75) is 96.4 Å². The predicted molar refractivity (Wildman–Crippen MR) is 143 cm³/mol. The summed E-state index contributed by atoms with van der Waals surface area (Å²) in [5.41, 5.74) is -1.74. The molecule has 1 aliphatic carbocycles. The maximum atomic E-state index is 14.2. The highest BCUT2D eigenvalue weighted by molar-refractivity contribution is 7.81. The molecular weight excluding hydrogens is 500 g/mol. The summed E-state index contributed by atoms with van der Waals surface area (Å²) < 4.78 is 28.4. The van der Waals surface area contributed by atoms with Crippen LogP contribution >= 0.6 is 12.2 Å². The third-order valence-corrected chi connectivity index (χ3v) is 7.42. The molecule has 37 heavy (non-hydrogen) atoms. The van der Waals surface area contributed by atoms with Gasteiger partial charge in [-0.2, -0.15) is 0 Å². The Hall–Kier alpha value is -2.53. The van der Waals surface area contributed by atoms with Crippen LogP contribution < -0.4 is 10.6 Å². The molecule has 0 bridgehead atoms. The van der Waals surface area contributed by atoms with Gasteiger partial charge in [0.15, 0.2) is 6.04 Å². The van der Waals surface area contributed by atoms with Crippen molar-refractivity contribution < 1.29 is 23.5 Å². The molecule has 2 heterocycles. The fraction of sp³-hybridized carbons (Fsp3) is 0.654. The molecule has 1 aliphatic heterocycles. The first-order chi connectivity index (χ1) is 17.2. The summed E-state index contributed by atoms with van der Waals surface area (Å²) in [5.74, 6) is -0.697. The van der Waals surface area contributed by atoms with E-state index < -0.39 is 29.9 Å². The van der Waals surface area contributed by atoms with E-state index in [4.69, 9.17) is 12.2 Å². The van der Waals surface area contributed by atoms with E-state index in [9.17, 15) is 23.5 Å². The number of hydrogen-bond acceptors (Lipinski definition) is 7. The van der Waals surface area contributed by atoms with Gasteiger partial charge in [0.1, 0.15) is 5.82 Å². The number of likely N-dealkylation sites (tertiary alicyclic amines) is 1. The number of aliphatic hydroxyl groups is 1. The molecule has 3 N–H and O–H groups in total. The van der Waals surface area contributed by atoms with Gasteiger partial charge in [-0.1, -0.05) is 12.2 Å². The number of hydrogen-bond donors (Lipinski definition) is 3. The fourth-order valence-corrected chi connectivity index (χ4v) is 4.86. The molecule has 2 aliphatic rings. The fourth-order valence-electron chi connectivity index (χ4n) is 4.53. The average molecular weight is 538 g/mol. The van der Waals surface area contributed by atoms with Crippen LogP contribution in [0.4, 0.5) is 14.6 Å². The molecule has 204 valence electrons. The van der Waals surface area contributed by atoms with Crippen molar-refractivity contribution in [3.8, 4) is 0 Å². The molecule has 1 aromatic rings. The molecule has 1 aromatic heterocycles. The van der Waals surface area contributed by atoms with Crippen LogP contribution in [0.3, 0.4) is 0 Å². The maximum absolute atomic E-state index is 14.2. The number of rotatable bonds is 10. The Kier molecular flexibility index (Phi) is 9.00. The second-order valence-electron chi connectivity index (χ2n) is 11.0. The maximum Gasteiger partial charge on any atom is 0.265 e. The number of thiocarbonyl (C=S) groups is 1. The predicted octanol–water partition coefficient (Wildman–Crippen LogP) is 3.82. The highest BCUT2D eigenvalue weighted by atomic mass is 32.1. The lowest BCUT2D eigenvalue weighted by molar-refractivity contribution is -0.131. The molecule has 1 unspecified atom stereocenters. The number of halogens is 2. The Balaban J connectivity index is 1.95. The van der Waals surface area contributed by atoms with Crippen LogP contribution in [0.1, 0.15) is 84.3 Å². The highest BCUT2D eigenvalue weighted by Gasteiger charge is 2.36. The zero-order valence-electron chi connectivity index (χ0n) is 22.1. The van der Waals surface area contributed by atoms with E-state index >= 15 is 0 Å². The van der Waals surface area contributed by atoms with Crippen LogP contribution in [-0.4, -0.2) is 73.7 Å². The largest absolute Gasteiger partial charge is 0.389 e. The summed E-state index contributed by atoms with van der Waals surface area (Å²) in [7, 11) is 0. The van der Waals surface area contributed by atoms with Gasteiger partial charge in [-0.3, -0.25) is 14.6 Å². The van der Waals surface area contributed by atoms with Crippen molar-refractivity contribution in [2.24, 2.45) is 4.99 Å². The van der Waals surface area contributed by atoms with Gasteiger partial charge in [-0.15, -0.1) is 0 Å². The standard InChI is InChI=1S/C26H37F2N5O3S/c1-15-8-6-11-33(15)24(35)20(31-16(2)23(34)30-14-25(3,4)36)21(37)18-13-29-19(12-17(18)22(27)28)32-26(5)9-7-10-26/h12-13,15,20,22,36H,6-11,14H2,1-5H3,(H,29,32)(H,30,34)/b31-16+/t15-,20?/m0/s1. The second-order valence-corrected chi connectivity index (χ2v) is 11.4. The Morgan fingerprint density at radius 1 is 1.35 bits per heavy atom. The van der Waals surface area contributed by atoms with Crippen LogP contribution in [0.25, 0.3) is 0 Å². The molecule has 8 nitrogen and oxygen atoms in total. The van der Waals surface area contributed by atoms with E-state index in [0.29, 0.717) is 12.4 Å². The van der Waals surface area contributed by atoms with Gasteiger partial charge in [-0.25, -0.2) is 13.8 Å². The Morgan fingerprint density at radius 2 is 2.03 bits per heavy atom. The molecule has 2 fully saturated rings. The van der Waals surface area contributed by atoms with E-state index in [0.717, 1.165) is 32.1 Å². The third kappa shape index (κ3) is 7.28. The van der Waals surface area contributed by atoms with Crippen LogP contribution in [0.15, 0.2) is 17.3 Å². The summed E-state index contributed by atoms with van der Waals surface area (Å²) in [6, 6.07) is -0.117. The topological polar surface area (TPSA) is 107 Å². The van der Waals surface area contributed by atoms with Crippen molar-refractivity contribution in [3.05, 3.63) is 23.4 Å². The summed E-state index contributed by atoms with van der Waals surface area (Å²) in [6.45, 7) is 8.90. The minimum atomic E-state index is -2.85.